The van der Waals surface area contributed by atoms with Gasteiger partial charge in [-0.1, -0.05) is 11.6 Å². The van der Waals surface area contributed by atoms with Gasteiger partial charge < -0.3 is 4.42 Å². The van der Waals surface area contributed by atoms with Crippen LogP contribution >= 0.6 is 11.6 Å². The molecule has 1 saturated carbocycles. The number of fused-ring (bicyclic) bond motifs is 1. The largest absolute Gasteiger partial charge is 0.522 e. The van der Waals surface area contributed by atoms with Gasteiger partial charge in [-0.3, -0.25) is 35.4 Å². The van der Waals surface area contributed by atoms with E-state index >= 15 is 0 Å². The van der Waals surface area contributed by atoms with Crippen molar-refractivity contribution in [3.8, 4) is 0 Å². The van der Waals surface area contributed by atoms with E-state index in [1.807, 2.05) is 0 Å². The van der Waals surface area contributed by atoms with Crippen LogP contribution in [0.1, 0.15) is 36.2 Å². The number of furan rings is 1. The van der Waals surface area contributed by atoms with E-state index in [0.29, 0.717) is 41.9 Å². The van der Waals surface area contributed by atoms with Crippen LogP contribution in [0.5, 0.6) is 0 Å². The maximum Gasteiger partial charge on any atom is 0.522 e. The van der Waals surface area contributed by atoms with Crippen LogP contribution in [0, 0.1) is 11.8 Å². The van der Waals surface area contributed by atoms with E-state index < -0.39 is 36.1 Å². The highest BCUT2D eigenvalue weighted by molar-refractivity contribution is 6.31. The summed E-state index contributed by atoms with van der Waals surface area (Å²) in [5.74, 6) is -2.25. The molecule has 2 aliphatic rings. The Labute approximate surface area is 196 Å². The van der Waals surface area contributed by atoms with E-state index in [4.69, 9.17) is 16.0 Å². The molecule has 13 heteroatoms. The minimum absolute atomic E-state index is 0.0580. The molecular weight excluding hydrogens is 481 g/mol. The van der Waals surface area contributed by atoms with Crippen molar-refractivity contribution in [1.82, 2.24) is 21.3 Å². The monoisotopic (exact) mass is 502 g/mol. The van der Waals surface area contributed by atoms with Gasteiger partial charge in [0.25, 0.3) is 0 Å². The lowest BCUT2D eigenvalue weighted by atomic mass is 9.82. The number of amides is 3. The number of nitrogens with one attached hydrogen (secondary N) is 3. The molecule has 2 fully saturated rings. The molecule has 2 heterocycles. The molecule has 1 aromatic carbocycles. The fourth-order valence-electron chi connectivity index (χ4n) is 3.97. The van der Waals surface area contributed by atoms with E-state index in [9.17, 15) is 27.6 Å². The molecule has 1 aliphatic heterocycles. The third-order valence-electron chi connectivity index (χ3n) is 5.90. The molecule has 1 aliphatic carbocycles. The Balaban J connectivity index is 1.17. The molecule has 0 atom stereocenters. The van der Waals surface area contributed by atoms with Gasteiger partial charge in [0.2, 0.25) is 11.8 Å². The zero-order valence-electron chi connectivity index (χ0n) is 17.8. The number of benzene rings is 1. The van der Waals surface area contributed by atoms with Crippen LogP contribution in [0.4, 0.5) is 13.2 Å². The number of carbonyl (C=O) groups is 3. The summed E-state index contributed by atoms with van der Waals surface area (Å²) in [7, 11) is 0. The van der Waals surface area contributed by atoms with Gasteiger partial charge in [-0.05, 0) is 49.9 Å². The highest BCUT2D eigenvalue weighted by Crippen LogP contribution is 2.34. The van der Waals surface area contributed by atoms with Crippen molar-refractivity contribution in [1.29, 1.82) is 0 Å². The van der Waals surface area contributed by atoms with Gasteiger partial charge in [0.15, 0.2) is 5.76 Å². The van der Waals surface area contributed by atoms with Crippen molar-refractivity contribution in [3.05, 3.63) is 35.0 Å². The first-order chi connectivity index (χ1) is 16.1. The first-order valence-corrected chi connectivity index (χ1v) is 11.0. The van der Waals surface area contributed by atoms with Gasteiger partial charge in [0.1, 0.15) is 5.58 Å². The lowest BCUT2D eigenvalue weighted by molar-refractivity contribution is -0.353. The molecule has 3 amide bonds. The van der Waals surface area contributed by atoms with Crippen LogP contribution in [0.3, 0.4) is 0 Å². The predicted molar refractivity (Wildman–Crippen MR) is 113 cm³/mol. The van der Waals surface area contributed by atoms with Crippen LogP contribution in [-0.2, 0) is 14.3 Å². The second-order valence-electron chi connectivity index (χ2n) is 8.33. The minimum atomic E-state index is -4.73. The van der Waals surface area contributed by atoms with Gasteiger partial charge >= 0.3 is 12.3 Å². The molecule has 1 aromatic heterocycles. The third-order valence-corrected chi connectivity index (χ3v) is 6.14. The van der Waals surface area contributed by atoms with Crippen LogP contribution < -0.4 is 16.3 Å². The van der Waals surface area contributed by atoms with Gasteiger partial charge in [-0.2, -0.15) is 0 Å². The van der Waals surface area contributed by atoms with Gasteiger partial charge in [0, 0.05) is 35.3 Å². The Morgan fingerprint density at radius 3 is 2.32 bits per heavy atom. The number of ether oxygens (including phenoxy) is 1. The summed E-state index contributed by atoms with van der Waals surface area (Å²) in [6, 6.07) is 6.63. The fourth-order valence-corrected chi connectivity index (χ4v) is 4.15. The van der Waals surface area contributed by atoms with E-state index in [-0.39, 0.29) is 24.5 Å². The quantitative estimate of drug-likeness (QED) is 0.542. The third kappa shape index (κ3) is 5.99. The molecule has 4 rings (SSSR count). The van der Waals surface area contributed by atoms with E-state index in [1.54, 1.807) is 29.3 Å². The van der Waals surface area contributed by atoms with Gasteiger partial charge in [-0.25, -0.2) is 5.01 Å². The molecule has 1 saturated heterocycles. The summed E-state index contributed by atoms with van der Waals surface area (Å²) in [4.78, 5) is 36.8. The topological polar surface area (TPSA) is 113 Å². The van der Waals surface area contributed by atoms with Crippen LogP contribution in [0.25, 0.3) is 11.0 Å². The zero-order valence-corrected chi connectivity index (χ0v) is 18.5. The molecular formula is C21H22ClF3N4O5. The summed E-state index contributed by atoms with van der Waals surface area (Å²) in [5, 5.41) is 2.92. The summed E-state index contributed by atoms with van der Waals surface area (Å²) in [6.45, 7) is 0.811. The van der Waals surface area contributed by atoms with Crippen LogP contribution in [0.15, 0.2) is 28.7 Å². The maximum absolute atomic E-state index is 12.5. The minimum Gasteiger partial charge on any atom is -0.451 e. The fraction of sp³-hybridized carbons (Fsp3) is 0.476. The standard InChI is InChI=1S/C21H22ClF3N4O5/c22-14-1-2-16-12(7-14)10-17(33-16)20(32)28-29-5-3-11(4-6-29)18(30)26-27-19(31)13-8-15(9-13)34-21(23,24)25/h1-2,7,10-11,13,15H,3-6,8-9H2,(H,26,30)(H,27,31)(H,28,32)/t13-,15+. The van der Waals surface area contributed by atoms with Crippen LogP contribution in [-0.4, -0.2) is 48.3 Å². The number of hydrazine groups is 2. The first-order valence-electron chi connectivity index (χ1n) is 10.7. The molecule has 184 valence electrons. The summed E-state index contributed by atoms with van der Waals surface area (Å²) >= 11 is 5.95. The Kier molecular flexibility index (Phi) is 7.01. The average Bonchev–Trinajstić information content (AvgIpc) is 3.17. The molecule has 9 nitrogen and oxygen atoms in total. The van der Waals surface area contributed by atoms with Crippen molar-refractivity contribution in [3.63, 3.8) is 0 Å². The van der Waals surface area contributed by atoms with Crippen molar-refractivity contribution >= 4 is 40.3 Å². The highest BCUT2D eigenvalue weighted by atomic mass is 35.5. The van der Waals surface area contributed by atoms with Crippen LogP contribution in [0.2, 0.25) is 5.02 Å². The lowest BCUT2D eigenvalue weighted by Gasteiger charge is -2.34. The van der Waals surface area contributed by atoms with Crippen molar-refractivity contribution < 1.29 is 36.7 Å². The second-order valence-corrected chi connectivity index (χ2v) is 8.76. The number of nitrogens with zero attached hydrogens (tertiary/aromatic N) is 1. The number of hydrogen-bond acceptors (Lipinski definition) is 6. The molecule has 34 heavy (non-hydrogen) atoms. The SMILES string of the molecule is O=C(NN1CCC(C(=O)NNC(=O)[C@H]2C[C@@H](OC(F)(F)F)C2)CC1)c1cc2cc(Cl)ccc2o1. The normalized spacial score (nSPS) is 21.6. The highest BCUT2D eigenvalue weighted by Gasteiger charge is 2.42. The smallest absolute Gasteiger partial charge is 0.451 e. The molecule has 0 bridgehead atoms. The van der Waals surface area contributed by atoms with E-state index in [1.165, 1.54) is 0 Å². The molecule has 2 aromatic rings. The van der Waals surface area contributed by atoms with Crippen molar-refractivity contribution in [2.75, 3.05) is 13.1 Å². The molecule has 3 N–H and O–H groups in total. The molecule has 0 unspecified atom stereocenters. The van der Waals surface area contributed by atoms with Crippen molar-refractivity contribution in [2.24, 2.45) is 11.8 Å². The summed E-state index contributed by atoms with van der Waals surface area (Å²) in [6.07, 6.45) is -5.02. The number of alkyl halides is 3. The number of hydrogen-bond donors (Lipinski definition) is 3. The summed E-state index contributed by atoms with van der Waals surface area (Å²) in [5.41, 5.74) is 7.88. The molecule has 0 spiro atoms. The number of carbonyl (C=O) groups excluding carboxylic acids is 3. The average molecular weight is 503 g/mol. The summed E-state index contributed by atoms with van der Waals surface area (Å²) < 4.78 is 45.8. The van der Waals surface area contributed by atoms with Crippen molar-refractivity contribution in [2.45, 2.75) is 38.1 Å². The maximum atomic E-state index is 12.5. The van der Waals surface area contributed by atoms with Gasteiger partial charge in [-0.15, -0.1) is 13.2 Å². The number of rotatable bonds is 5. The van der Waals surface area contributed by atoms with E-state index in [2.05, 4.69) is 21.0 Å². The predicted octanol–water partition coefficient (Wildman–Crippen LogP) is 2.91. The zero-order chi connectivity index (χ0) is 24.5. The Hall–Kier alpha value is -2.83. The Morgan fingerprint density at radius 2 is 1.68 bits per heavy atom. The first kappa shape index (κ1) is 24.3. The Morgan fingerprint density at radius 1 is 1.03 bits per heavy atom. The van der Waals surface area contributed by atoms with Gasteiger partial charge in [0.05, 0.1) is 6.10 Å². The number of halogens is 4. The molecule has 0 radical (unpaired) electrons. The number of piperidine rings is 1. The lowest BCUT2D eigenvalue weighted by Crippen LogP contribution is -2.53. The van der Waals surface area contributed by atoms with E-state index in [0.717, 1.165) is 0 Å². The Bertz CT molecular complexity index is 1080. The second kappa shape index (κ2) is 9.80.